The molecule has 5 heteroatoms. The quantitative estimate of drug-likeness (QED) is 0.823. The van der Waals surface area contributed by atoms with Crippen molar-refractivity contribution in [3.8, 4) is 0 Å². The number of carbonyl (C=O) groups is 1. The molecule has 0 spiro atoms. The Morgan fingerprint density at radius 3 is 2.52 bits per heavy atom. The maximum atomic E-state index is 12.7. The van der Waals surface area contributed by atoms with Gasteiger partial charge in [-0.2, -0.15) is 5.10 Å². The third-order valence-electron chi connectivity index (χ3n) is 3.83. The molecule has 0 fully saturated rings. The molecule has 0 saturated heterocycles. The number of carbonyl (C=O) groups excluding carboxylic acids is 1. The molecule has 0 aliphatic carbocycles. The van der Waals surface area contributed by atoms with Gasteiger partial charge in [-0.05, 0) is 11.5 Å². The van der Waals surface area contributed by atoms with Crippen LogP contribution >= 0.6 is 0 Å². The lowest BCUT2D eigenvalue weighted by Gasteiger charge is -2.23. The molecule has 1 atom stereocenters. The SMILES string of the molecule is CO[C@@H](C(=O)N(C)Cc1cn(C)nc1C(C)C)c1ccccc1. The van der Waals surface area contributed by atoms with Crippen LogP contribution in [-0.4, -0.2) is 34.7 Å². The third kappa shape index (κ3) is 3.99. The zero-order chi connectivity index (χ0) is 17.0. The second-order valence-corrected chi connectivity index (χ2v) is 6.09. The molecule has 5 nitrogen and oxygen atoms in total. The van der Waals surface area contributed by atoms with E-state index in [1.807, 2.05) is 43.6 Å². The van der Waals surface area contributed by atoms with Crippen LogP contribution in [0.2, 0.25) is 0 Å². The second kappa shape index (κ2) is 7.42. The average Bonchev–Trinajstić information content (AvgIpc) is 2.89. The van der Waals surface area contributed by atoms with Gasteiger partial charge in [0.2, 0.25) is 0 Å². The van der Waals surface area contributed by atoms with Gasteiger partial charge >= 0.3 is 0 Å². The largest absolute Gasteiger partial charge is 0.367 e. The summed E-state index contributed by atoms with van der Waals surface area (Å²) in [7, 11) is 5.26. The van der Waals surface area contributed by atoms with Crippen LogP contribution in [0.15, 0.2) is 36.5 Å². The Labute approximate surface area is 137 Å². The lowest BCUT2D eigenvalue weighted by molar-refractivity contribution is -0.141. The zero-order valence-corrected chi connectivity index (χ0v) is 14.5. The van der Waals surface area contributed by atoms with E-state index >= 15 is 0 Å². The number of nitrogens with zero attached hydrogens (tertiary/aromatic N) is 3. The Bertz CT molecular complexity index is 650. The molecule has 1 aromatic heterocycles. The number of rotatable bonds is 6. The topological polar surface area (TPSA) is 47.4 Å². The van der Waals surface area contributed by atoms with Crippen LogP contribution < -0.4 is 0 Å². The van der Waals surface area contributed by atoms with Gasteiger partial charge in [0.1, 0.15) is 0 Å². The fourth-order valence-corrected chi connectivity index (χ4v) is 2.70. The molecule has 23 heavy (non-hydrogen) atoms. The summed E-state index contributed by atoms with van der Waals surface area (Å²) in [4.78, 5) is 14.4. The maximum absolute atomic E-state index is 12.7. The third-order valence-corrected chi connectivity index (χ3v) is 3.83. The molecule has 0 aliphatic rings. The highest BCUT2D eigenvalue weighted by atomic mass is 16.5. The van der Waals surface area contributed by atoms with E-state index in [9.17, 15) is 4.79 Å². The highest BCUT2D eigenvalue weighted by Gasteiger charge is 2.24. The normalized spacial score (nSPS) is 12.4. The summed E-state index contributed by atoms with van der Waals surface area (Å²) in [5.74, 6) is 0.263. The van der Waals surface area contributed by atoms with Crippen molar-refractivity contribution in [2.45, 2.75) is 32.4 Å². The van der Waals surface area contributed by atoms with Crippen molar-refractivity contribution in [2.24, 2.45) is 7.05 Å². The van der Waals surface area contributed by atoms with Crippen LogP contribution in [0.25, 0.3) is 0 Å². The number of aryl methyl sites for hydroxylation is 1. The molecule has 124 valence electrons. The standard InChI is InChI=1S/C18H25N3O2/c1-13(2)16-15(12-21(4)19-16)11-20(3)18(22)17(23-5)14-9-7-6-8-10-14/h6-10,12-13,17H,11H2,1-5H3/t17-/m1/s1. The Hall–Kier alpha value is -2.14. The molecular formula is C18H25N3O2. The molecule has 0 radical (unpaired) electrons. The molecule has 0 bridgehead atoms. The summed E-state index contributed by atoms with van der Waals surface area (Å²) in [6.07, 6.45) is 1.39. The van der Waals surface area contributed by atoms with Crippen LogP contribution in [0.1, 0.15) is 42.7 Å². The number of hydrogen-bond acceptors (Lipinski definition) is 3. The molecule has 0 aliphatic heterocycles. The minimum Gasteiger partial charge on any atom is -0.367 e. The monoisotopic (exact) mass is 315 g/mol. The molecule has 2 aromatic rings. The van der Waals surface area contributed by atoms with Crippen molar-refractivity contribution < 1.29 is 9.53 Å². The average molecular weight is 315 g/mol. The molecule has 0 N–H and O–H groups in total. The summed E-state index contributed by atoms with van der Waals surface area (Å²) in [5.41, 5.74) is 2.96. The van der Waals surface area contributed by atoms with Crippen LogP contribution in [0.3, 0.4) is 0 Å². The predicted molar refractivity (Wildman–Crippen MR) is 90.0 cm³/mol. The molecular weight excluding hydrogens is 290 g/mol. The van der Waals surface area contributed by atoms with Crippen LogP contribution in [0.4, 0.5) is 0 Å². The van der Waals surface area contributed by atoms with E-state index in [4.69, 9.17) is 4.74 Å². The fraction of sp³-hybridized carbons (Fsp3) is 0.444. The van der Waals surface area contributed by atoms with E-state index in [1.54, 1.807) is 23.7 Å². The van der Waals surface area contributed by atoms with E-state index in [0.717, 1.165) is 16.8 Å². The Morgan fingerprint density at radius 2 is 1.96 bits per heavy atom. The zero-order valence-electron chi connectivity index (χ0n) is 14.5. The van der Waals surface area contributed by atoms with Gasteiger partial charge in [0, 0.05) is 39.5 Å². The number of hydrogen-bond donors (Lipinski definition) is 0. The summed E-state index contributed by atoms with van der Waals surface area (Å²) in [6, 6.07) is 9.56. The van der Waals surface area contributed by atoms with Crippen molar-refractivity contribution in [1.82, 2.24) is 14.7 Å². The lowest BCUT2D eigenvalue weighted by atomic mass is 10.1. The van der Waals surface area contributed by atoms with E-state index < -0.39 is 6.10 Å². The maximum Gasteiger partial charge on any atom is 0.256 e. The highest BCUT2D eigenvalue weighted by molar-refractivity contribution is 5.82. The first-order valence-electron chi connectivity index (χ1n) is 7.79. The molecule has 2 rings (SSSR count). The molecule has 1 amide bonds. The van der Waals surface area contributed by atoms with E-state index in [-0.39, 0.29) is 5.91 Å². The first-order valence-corrected chi connectivity index (χ1v) is 7.79. The van der Waals surface area contributed by atoms with Gasteiger partial charge in [0.25, 0.3) is 5.91 Å². The van der Waals surface area contributed by atoms with E-state index in [0.29, 0.717) is 12.5 Å². The first-order chi connectivity index (χ1) is 10.9. The fourth-order valence-electron chi connectivity index (χ4n) is 2.70. The van der Waals surface area contributed by atoms with Gasteiger partial charge in [0.15, 0.2) is 6.10 Å². The second-order valence-electron chi connectivity index (χ2n) is 6.09. The number of likely N-dealkylation sites (N-methyl/N-ethyl adjacent to an activating group) is 1. The van der Waals surface area contributed by atoms with Gasteiger partial charge in [-0.1, -0.05) is 44.2 Å². The van der Waals surface area contributed by atoms with Gasteiger partial charge < -0.3 is 9.64 Å². The van der Waals surface area contributed by atoms with E-state index in [1.165, 1.54) is 0 Å². The number of amides is 1. The van der Waals surface area contributed by atoms with Gasteiger partial charge in [-0.25, -0.2) is 0 Å². The summed E-state index contributed by atoms with van der Waals surface area (Å²) < 4.78 is 7.23. The molecule has 0 saturated carbocycles. The van der Waals surface area contributed by atoms with Gasteiger partial charge in [-0.15, -0.1) is 0 Å². The molecule has 1 heterocycles. The lowest BCUT2D eigenvalue weighted by Crippen LogP contribution is -2.32. The van der Waals surface area contributed by atoms with Crippen LogP contribution in [0.5, 0.6) is 0 Å². The Morgan fingerprint density at radius 1 is 1.30 bits per heavy atom. The van der Waals surface area contributed by atoms with Gasteiger partial charge in [0.05, 0.1) is 5.69 Å². The number of benzene rings is 1. The van der Waals surface area contributed by atoms with Gasteiger partial charge in [-0.3, -0.25) is 9.48 Å². The van der Waals surface area contributed by atoms with Crippen LogP contribution in [0, 0.1) is 0 Å². The number of methoxy groups -OCH3 is 1. The van der Waals surface area contributed by atoms with Crippen molar-refractivity contribution in [1.29, 1.82) is 0 Å². The smallest absolute Gasteiger partial charge is 0.256 e. The van der Waals surface area contributed by atoms with Crippen molar-refractivity contribution in [3.63, 3.8) is 0 Å². The summed E-state index contributed by atoms with van der Waals surface area (Å²) in [5, 5.41) is 4.49. The molecule has 1 aromatic carbocycles. The minimum atomic E-state index is -0.583. The number of ether oxygens (including phenoxy) is 1. The predicted octanol–water partition coefficient (Wildman–Crippen LogP) is 2.89. The summed E-state index contributed by atoms with van der Waals surface area (Å²) in [6.45, 7) is 4.73. The number of aromatic nitrogens is 2. The van der Waals surface area contributed by atoms with Crippen LogP contribution in [-0.2, 0) is 23.1 Å². The highest BCUT2D eigenvalue weighted by Crippen LogP contribution is 2.22. The van der Waals surface area contributed by atoms with E-state index in [2.05, 4.69) is 18.9 Å². The Kier molecular flexibility index (Phi) is 5.55. The Balaban J connectivity index is 2.16. The first kappa shape index (κ1) is 17.2. The minimum absolute atomic E-state index is 0.0581. The van der Waals surface area contributed by atoms with Crippen molar-refractivity contribution in [2.75, 3.05) is 14.2 Å². The van der Waals surface area contributed by atoms with Crippen molar-refractivity contribution in [3.05, 3.63) is 53.3 Å². The molecule has 0 unspecified atom stereocenters. The summed E-state index contributed by atoms with van der Waals surface area (Å²) >= 11 is 0. The van der Waals surface area contributed by atoms with Crippen molar-refractivity contribution >= 4 is 5.91 Å².